The minimum Gasteiger partial charge on any atom is -0.323 e. The zero-order chi connectivity index (χ0) is 14.5. The molecule has 112 valence electrons. The van der Waals surface area contributed by atoms with E-state index in [9.17, 15) is 0 Å². The number of rotatable bonds is 5. The molecule has 0 bridgehead atoms. The van der Waals surface area contributed by atoms with Crippen LogP contribution in [0.3, 0.4) is 0 Å². The summed E-state index contributed by atoms with van der Waals surface area (Å²) in [6.45, 7) is 4.60. The van der Waals surface area contributed by atoms with Gasteiger partial charge in [0.05, 0.1) is 0 Å². The predicted octanol–water partition coefficient (Wildman–Crippen LogP) is 3.98. The maximum atomic E-state index is 6.61. The van der Waals surface area contributed by atoms with Gasteiger partial charge in [-0.15, -0.1) is 0 Å². The van der Waals surface area contributed by atoms with Crippen molar-refractivity contribution in [1.82, 2.24) is 4.90 Å². The first-order chi connectivity index (χ1) is 9.61. The second-order valence-corrected chi connectivity index (χ2v) is 6.63. The van der Waals surface area contributed by atoms with Gasteiger partial charge in [-0.25, -0.2) is 0 Å². The standard InChI is InChI=1S/C18H30N2/c1-14(2)18(17(19)15-10-6-4-7-11-15)20(3)16-12-8-5-9-13-16/h4,6-7,10-11,14,16-18H,5,8-9,12-13,19H2,1-3H3. The van der Waals surface area contributed by atoms with Gasteiger partial charge in [-0.1, -0.05) is 63.4 Å². The van der Waals surface area contributed by atoms with E-state index in [2.05, 4.69) is 56.1 Å². The summed E-state index contributed by atoms with van der Waals surface area (Å²) in [5.74, 6) is 0.567. The van der Waals surface area contributed by atoms with Crippen molar-refractivity contribution in [2.75, 3.05) is 7.05 Å². The first kappa shape index (κ1) is 15.5. The van der Waals surface area contributed by atoms with Crippen LogP contribution in [0.4, 0.5) is 0 Å². The van der Waals surface area contributed by atoms with Gasteiger partial charge in [-0.3, -0.25) is 4.90 Å². The Morgan fingerprint density at radius 2 is 1.65 bits per heavy atom. The highest BCUT2D eigenvalue weighted by molar-refractivity contribution is 5.20. The second-order valence-electron chi connectivity index (χ2n) is 6.63. The molecule has 0 aliphatic heterocycles. The number of likely N-dealkylation sites (N-methyl/N-ethyl adjacent to an activating group) is 1. The van der Waals surface area contributed by atoms with Crippen molar-refractivity contribution in [2.45, 2.75) is 64.1 Å². The van der Waals surface area contributed by atoms with E-state index in [0.717, 1.165) is 0 Å². The molecule has 1 aliphatic rings. The first-order valence-electron chi connectivity index (χ1n) is 8.13. The van der Waals surface area contributed by atoms with E-state index < -0.39 is 0 Å². The molecule has 2 N–H and O–H groups in total. The number of hydrogen-bond acceptors (Lipinski definition) is 2. The smallest absolute Gasteiger partial charge is 0.0455 e. The zero-order valence-electron chi connectivity index (χ0n) is 13.3. The Bertz CT molecular complexity index is 382. The lowest BCUT2D eigenvalue weighted by Gasteiger charge is -2.42. The van der Waals surface area contributed by atoms with Gasteiger partial charge in [0.15, 0.2) is 0 Å². The Morgan fingerprint density at radius 3 is 2.20 bits per heavy atom. The lowest BCUT2D eigenvalue weighted by atomic mass is 9.86. The predicted molar refractivity (Wildman–Crippen MR) is 86.6 cm³/mol. The van der Waals surface area contributed by atoms with Crippen LogP contribution in [0, 0.1) is 5.92 Å². The molecule has 0 saturated heterocycles. The van der Waals surface area contributed by atoms with Crippen molar-refractivity contribution in [3.8, 4) is 0 Å². The average molecular weight is 274 g/mol. The Labute approximate surface area is 124 Å². The Hall–Kier alpha value is -0.860. The molecular formula is C18H30N2. The highest BCUT2D eigenvalue weighted by Gasteiger charge is 2.31. The average Bonchev–Trinajstić information content (AvgIpc) is 2.48. The molecule has 0 aromatic heterocycles. The molecular weight excluding hydrogens is 244 g/mol. The van der Waals surface area contributed by atoms with Crippen LogP contribution in [-0.4, -0.2) is 24.0 Å². The summed E-state index contributed by atoms with van der Waals surface area (Å²) < 4.78 is 0. The molecule has 1 fully saturated rings. The molecule has 0 heterocycles. The van der Waals surface area contributed by atoms with Gasteiger partial charge in [-0.2, -0.15) is 0 Å². The first-order valence-corrected chi connectivity index (χ1v) is 8.13. The quantitative estimate of drug-likeness (QED) is 0.880. The summed E-state index contributed by atoms with van der Waals surface area (Å²) in [7, 11) is 2.28. The molecule has 2 heteroatoms. The second kappa shape index (κ2) is 7.24. The van der Waals surface area contributed by atoms with E-state index in [-0.39, 0.29) is 6.04 Å². The van der Waals surface area contributed by atoms with Gasteiger partial charge in [0.25, 0.3) is 0 Å². The van der Waals surface area contributed by atoms with Gasteiger partial charge in [0, 0.05) is 18.1 Å². The third kappa shape index (κ3) is 3.62. The SMILES string of the molecule is CC(C)C(C(N)c1ccccc1)N(C)C1CCCCC1. The van der Waals surface area contributed by atoms with Crippen LogP contribution in [0.15, 0.2) is 30.3 Å². The van der Waals surface area contributed by atoms with Gasteiger partial charge in [-0.05, 0) is 31.4 Å². The lowest BCUT2D eigenvalue weighted by Crippen LogP contribution is -2.49. The third-order valence-corrected chi connectivity index (χ3v) is 4.86. The fourth-order valence-corrected chi connectivity index (χ4v) is 3.74. The highest BCUT2D eigenvalue weighted by atomic mass is 15.2. The Kier molecular flexibility index (Phi) is 5.62. The summed E-state index contributed by atoms with van der Waals surface area (Å²) in [5.41, 5.74) is 7.86. The Morgan fingerprint density at radius 1 is 1.05 bits per heavy atom. The lowest BCUT2D eigenvalue weighted by molar-refractivity contribution is 0.0900. The van der Waals surface area contributed by atoms with Crippen LogP contribution >= 0.6 is 0 Å². The summed E-state index contributed by atoms with van der Waals surface area (Å²) in [6, 6.07) is 11.8. The molecule has 2 nitrogen and oxygen atoms in total. The summed E-state index contributed by atoms with van der Waals surface area (Å²) in [6.07, 6.45) is 6.82. The maximum absolute atomic E-state index is 6.61. The van der Waals surface area contributed by atoms with E-state index in [4.69, 9.17) is 5.73 Å². The zero-order valence-corrected chi connectivity index (χ0v) is 13.3. The van der Waals surface area contributed by atoms with Crippen molar-refractivity contribution in [3.05, 3.63) is 35.9 Å². The van der Waals surface area contributed by atoms with Gasteiger partial charge < -0.3 is 5.73 Å². The van der Waals surface area contributed by atoms with Crippen molar-refractivity contribution >= 4 is 0 Å². The molecule has 0 radical (unpaired) electrons. The molecule has 20 heavy (non-hydrogen) atoms. The summed E-state index contributed by atoms with van der Waals surface area (Å²) >= 11 is 0. The normalized spacial score (nSPS) is 20.3. The molecule has 1 saturated carbocycles. The van der Waals surface area contributed by atoms with E-state index in [1.165, 1.54) is 37.7 Å². The molecule has 1 aromatic carbocycles. The number of benzene rings is 1. The molecule has 0 spiro atoms. The topological polar surface area (TPSA) is 29.3 Å². The third-order valence-electron chi connectivity index (χ3n) is 4.86. The van der Waals surface area contributed by atoms with Crippen LogP contribution in [0.5, 0.6) is 0 Å². The van der Waals surface area contributed by atoms with Crippen LogP contribution in [0.2, 0.25) is 0 Å². The molecule has 2 rings (SSSR count). The van der Waals surface area contributed by atoms with Gasteiger partial charge in [0.1, 0.15) is 0 Å². The Balaban J connectivity index is 2.13. The van der Waals surface area contributed by atoms with Crippen molar-refractivity contribution < 1.29 is 0 Å². The fraction of sp³-hybridized carbons (Fsp3) is 0.667. The van der Waals surface area contributed by atoms with E-state index in [0.29, 0.717) is 18.0 Å². The molecule has 2 unspecified atom stereocenters. The monoisotopic (exact) mass is 274 g/mol. The van der Waals surface area contributed by atoms with Crippen LogP contribution < -0.4 is 5.73 Å². The number of hydrogen-bond donors (Lipinski definition) is 1. The van der Waals surface area contributed by atoms with Crippen LogP contribution in [0.1, 0.15) is 57.6 Å². The molecule has 2 atom stereocenters. The van der Waals surface area contributed by atoms with Gasteiger partial charge >= 0.3 is 0 Å². The van der Waals surface area contributed by atoms with Crippen LogP contribution in [-0.2, 0) is 0 Å². The molecule has 1 aliphatic carbocycles. The van der Waals surface area contributed by atoms with Crippen molar-refractivity contribution in [3.63, 3.8) is 0 Å². The van der Waals surface area contributed by atoms with E-state index in [1.807, 2.05) is 0 Å². The minimum absolute atomic E-state index is 0.100. The summed E-state index contributed by atoms with van der Waals surface area (Å²) in [5, 5.41) is 0. The largest absolute Gasteiger partial charge is 0.323 e. The van der Waals surface area contributed by atoms with E-state index in [1.54, 1.807) is 0 Å². The van der Waals surface area contributed by atoms with E-state index >= 15 is 0 Å². The van der Waals surface area contributed by atoms with Crippen molar-refractivity contribution in [2.24, 2.45) is 11.7 Å². The number of nitrogens with zero attached hydrogens (tertiary/aromatic N) is 1. The minimum atomic E-state index is 0.100. The van der Waals surface area contributed by atoms with Gasteiger partial charge in [0.2, 0.25) is 0 Å². The summed E-state index contributed by atoms with van der Waals surface area (Å²) in [4.78, 5) is 2.57. The highest BCUT2D eigenvalue weighted by Crippen LogP contribution is 2.30. The maximum Gasteiger partial charge on any atom is 0.0455 e. The van der Waals surface area contributed by atoms with Crippen LogP contribution in [0.25, 0.3) is 0 Å². The number of nitrogens with two attached hydrogens (primary N) is 1. The molecule has 1 aromatic rings. The molecule has 0 amide bonds. The van der Waals surface area contributed by atoms with Crippen molar-refractivity contribution in [1.29, 1.82) is 0 Å². The fourth-order valence-electron chi connectivity index (χ4n) is 3.74.